The quantitative estimate of drug-likeness (QED) is 0.678. The average molecular weight is 377 g/mol. The molecule has 26 heavy (non-hydrogen) atoms. The van der Waals surface area contributed by atoms with Crippen molar-refractivity contribution < 1.29 is 22.7 Å². The number of pyridine rings is 1. The van der Waals surface area contributed by atoms with Crippen molar-refractivity contribution in [3.63, 3.8) is 0 Å². The standard InChI is InChI=1S/C15H12FN5O4S/c1-20-15-9(6-18-20)4-8(5-17-15)10-2-3-11(22)14(13(10)16)21-7-12(23)19-26(21,24)25/h2-6,22H,7H2,1H3,(H,19,23). The summed E-state index contributed by atoms with van der Waals surface area (Å²) >= 11 is 0. The second-order valence-electron chi connectivity index (χ2n) is 5.74. The minimum absolute atomic E-state index is 0.0330. The van der Waals surface area contributed by atoms with Gasteiger partial charge in [-0.1, -0.05) is 0 Å². The first-order valence-corrected chi connectivity index (χ1v) is 8.85. The number of phenolic OH excluding ortho intramolecular Hbond substituents is 1. The van der Waals surface area contributed by atoms with Gasteiger partial charge < -0.3 is 5.11 Å². The Labute approximate surface area is 146 Å². The zero-order valence-corrected chi connectivity index (χ0v) is 14.2. The molecule has 1 aromatic carbocycles. The number of nitrogens with zero attached hydrogens (tertiary/aromatic N) is 4. The Balaban J connectivity index is 1.89. The number of benzene rings is 1. The molecule has 11 heteroatoms. The van der Waals surface area contributed by atoms with Gasteiger partial charge in [0.1, 0.15) is 18.0 Å². The number of carbonyl (C=O) groups is 1. The summed E-state index contributed by atoms with van der Waals surface area (Å²) in [5.41, 5.74) is 0.419. The molecule has 0 saturated carbocycles. The molecule has 0 atom stereocenters. The number of aromatic hydroxyl groups is 1. The predicted octanol–water partition coefficient (Wildman–Crippen LogP) is 0.661. The minimum Gasteiger partial charge on any atom is -0.506 e. The number of rotatable bonds is 2. The molecule has 0 unspecified atom stereocenters. The molecule has 1 amide bonds. The molecule has 1 aliphatic rings. The molecule has 134 valence electrons. The van der Waals surface area contributed by atoms with Gasteiger partial charge in [0.15, 0.2) is 11.5 Å². The Hall–Kier alpha value is -3.21. The summed E-state index contributed by atoms with van der Waals surface area (Å²) in [7, 11) is -2.54. The molecule has 3 heterocycles. The largest absolute Gasteiger partial charge is 0.506 e. The Bertz CT molecular complexity index is 1170. The number of hydrogen-bond acceptors (Lipinski definition) is 6. The van der Waals surface area contributed by atoms with Crippen molar-refractivity contribution in [1.29, 1.82) is 0 Å². The van der Waals surface area contributed by atoms with Crippen molar-refractivity contribution >= 4 is 32.8 Å². The van der Waals surface area contributed by atoms with Crippen LogP contribution in [0.1, 0.15) is 0 Å². The predicted molar refractivity (Wildman–Crippen MR) is 90.0 cm³/mol. The fraction of sp³-hybridized carbons (Fsp3) is 0.133. The summed E-state index contributed by atoms with van der Waals surface area (Å²) in [6.45, 7) is -0.615. The van der Waals surface area contributed by atoms with Gasteiger partial charge in [-0.25, -0.2) is 18.4 Å². The van der Waals surface area contributed by atoms with E-state index in [1.54, 1.807) is 28.7 Å². The van der Waals surface area contributed by atoms with Gasteiger partial charge in [-0.2, -0.15) is 13.5 Å². The van der Waals surface area contributed by atoms with Gasteiger partial charge in [-0.15, -0.1) is 0 Å². The van der Waals surface area contributed by atoms with Crippen LogP contribution in [0.3, 0.4) is 0 Å². The van der Waals surface area contributed by atoms with Crippen molar-refractivity contribution in [2.45, 2.75) is 0 Å². The third kappa shape index (κ3) is 2.36. The van der Waals surface area contributed by atoms with E-state index in [1.807, 2.05) is 0 Å². The van der Waals surface area contributed by atoms with Crippen LogP contribution in [0, 0.1) is 5.82 Å². The number of halogens is 1. The summed E-state index contributed by atoms with van der Waals surface area (Å²) in [4.78, 5) is 15.6. The van der Waals surface area contributed by atoms with E-state index in [1.165, 1.54) is 18.3 Å². The molecule has 1 fully saturated rings. The topological polar surface area (TPSA) is 117 Å². The molecule has 2 aromatic heterocycles. The van der Waals surface area contributed by atoms with Crippen molar-refractivity contribution in [2.75, 3.05) is 10.8 Å². The summed E-state index contributed by atoms with van der Waals surface area (Å²) in [6.07, 6.45) is 2.99. The van der Waals surface area contributed by atoms with E-state index >= 15 is 4.39 Å². The Kier molecular flexibility index (Phi) is 3.37. The first-order valence-electron chi connectivity index (χ1n) is 7.41. The molecule has 1 saturated heterocycles. The van der Waals surface area contributed by atoms with Crippen molar-refractivity contribution in [3.05, 3.63) is 36.4 Å². The summed E-state index contributed by atoms with van der Waals surface area (Å²) in [5, 5.41) is 14.7. The van der Waals surface area contributed by atoms with Gasteiger partial charge in [-0.05, 0) is 18.2 Å². The normalized spacial score (nSPS) is 16.2. The summed E-state index contributed by atoms with van der Waals surface area (Å²) in [5.74, 6) is -2.38. The van der Waals surface area contributed by atoms with Gasteiger partial charge in [0, 0.05) is 29.8 Å². The number of aryl methyl sites for hydroxylation is 1. The number of fused-ring (bicyclic) bond motifs is 1. The molecular formula is C15H12FN5O4S. The molecule has 0 bridgehead atoms. The lowest BCUT2D eigenvalue weighted by molar-refractivity contribution is -0.117. The van der Waals surface area contributed by atoms with E-state index in [0.717, 1.165) is 0 Å². The summed E-state index contributed by atoms with van der Waals surface area (Å²) < 4.78 is 42.9. The second kappa shape index (κ2) is 5.39. The van der Waals surface area contributed by atoms with E-state index < -0.39 is 39.9 Å². The lowest BCUT2D eigenvalue weighted by atomic mass is 10.0. The van der Waals surface area contributed by atoms with Crippen LogP contribution in [0.15, 0.2) is 30.6 Å². The van der Waals surface area contributed by atoms with Crippen molar-refractivity contribution in [1.82, 2.24) is 19.5 Å². The van der Waals surface area contributed by atoms with Crippen LogP contribution in [-0.2, 0) is 22.1 Å². The van der Waals surface area contributed by atoms with E-state index in [4.69, 9.17) is 0 Å². The highest BCUT2D eigenvalue weighted by Crippen LogP contribution is 2.38. The number of amides is 1. The lowest BCUT2D eigenvalue weighted by Gasteiger charge is -2.18. The average Bonchev–Trinajstić information content (AvgIpc) is 3.06. The fourth-order valence-corrected chi connectivity index (χ4v) is 4.01. The molecule has 9 nitrogen and oxygen atoms in total. The highest BCUT2D eigenvalue weighted by Gasteiger charge is 2.38. The van der Waals surface area contributed by atoms with E-state index in [0.29, 0.717) is 20.9 Å². The maximum atomic E-state index is 15.1. The molecule has 0 aliphatic carbocycles. The van der Waals surface area contributed by atoms with E-state index in [2.05, 4.69) is 10.1 Å². The van der Waals surface area contributed by atoms with Crippen LogP contribution in [0.25, 0.3) is 22.2 Å². The first kappa shape index (κ1) is 16.3. The van der Waals surface area contributed by atoms with Gasteiger partial charge in [-0.3, -0.25) is 9.48 Å². The number of phenols is 1. The Morgan fingerprint density at radius 1 is 1.31 bits per heavy atom. The number of aromatic nitrogens is 3. The number of anilines is 1. The molecule has 2 N–H and O–H groups in total. The van der Waals surface area contributed by atoms with Crippen LogP contribution in [0.2, 0.25) is 0 Å². The lowest BCUT2D eigenvalue weighted by Crippen LogP contribution is -2.30. The van der Waals surface area contributed by atoms with Crippen LogP contribution >= 0.6 is 0 Å². The molecule has 1 aliphatic heterocycles. The zero-order valence-electron chi connectivity index (χ0n) is 13.3. The highest BCUT2D eigenvalue weighted by atomic mass is 32.2. The number of hydrogen-bond donors (Lipinski definition) is 2. The fourth-order valence-electron chi connectivity index (χ4n) is 2.85. The van der Waals surface area contributed by atoms with Crippen LogP contribution < -0.4 is 9.03 Å². The Morgan fingerprint density at radius 2 is 2.08 bits per heavy atom. The van der Waals surface area contributed by atoms with Crippen LogP contribution in [0.5, 0.6) is 5.75 Å². The van der Waals surface area contributed by atoms with Crippen molar-refractivity contribution in [2.24, 2.45) is 7.05 Å². The summed E-state index contributed by atoms with van der Waals surface area (Å²) in [6, 6.07) is 4.13. The van der Waals surface area contributed by atoms with Gasteiger partial charge in [0.2, 0.25) is 0 Å². The van der Waals surface area contributed by atoms with E-state index in [9.17, 15) is 18.3 Å². The van der Waals surface area contributed by atoms with Crippen LogP contribution in [-0.4, -0.2) is 40.7 Å². The SMILES string of the molecule is Cn1ncc2cc(-c3ccc(O)c(N4CC(=O)NS4(=O)=O)c3F)cnc21. The number of carbonyl (C=O) groups excluding carboxylic acids is 1. The van der Waals surface area contributed by atoms with Crippen molar-refractivity contribution in [3.8, 4) is 16.9 Å². The third-order valence-corrected chi connectivity index (χ3v) is 5.42. The zero-order chi connectivity index (χ0) is 18.6. The van der Waals surface area contributed by atoms with Gasteiger partial charge >= 0.3 is 10.2 Å². The van der Waals surface area contributed by atoms with Gasteiger partial charge in [0.05, 0.1) is 6.20 Å². The molecule has 0 spiro atoms. The van der Waals surface area contributed by atoms with Gasteiger partial charge in [0.25, 0.3) is 5.91 Å². The monoisotopic (exact) mass is 377 g/mol. The second-order valence-corrected chi connectivity index (χ2v) is 7.33. The minimum atomic E-state index is -4.26. The van der Waals surface area contributed by atoms with Crippen LogP contribution in [0.4, 0.5) is 10.1 Å². The molecule has 0 radical (unpaired) electrons. The molecule has 4 rings (SSSR count). The third-order valence-electron chi connectivity index (χ3n) is 4.05. The van der Waals surface area contributed by atoms with E-state index in [-0.39, 0.29) is 5.56 Å². The maximum Gasteiger partial charge on any atom is 0.326 e. The smallest absolute Gasteiger partial charge is 0.326 e. The maximum absolute atomic E-state index is 15.1. The molecular weight excluding hydrogens is 365 g/mol. The first-order chi connectivity index (χ1) is 12.3. The highest BCUT2D eigenvalue weighted by molar-refractivity contribution is 7.92. The number of nitrogens with one attached hydrogen (secondary N) is 1. The Morgan fingerprint density at radius 3 is 2.77 bits per heavy atom. The molecule has 3 aromatic rings.